The molecule has 0 rings (SSSR count). The van der Waals surface area contributed by atoms with Gasteiger partial charge in [-0.15, -0.1) is 5.73 Å². The van der Waals surface area contributed by atoms with Crippen LogP contribution < -0.4 is 0 Å². The number of ether oxygens (including phenoxy) is 1. The number of likely N-dealkylation sites (N-methyl/N-ethyl adjacent to an activating group) is 1. The Hall–Kier alpha value is -1.26. The van der Waals surface area contributed by atoms with Gasteiger partial charge < -0.3 is 4.74 Å². The maximum atomic E-state index is 12.8. The summed E-state index contributed by atoms with van der Waals surface area (Å²) in [6.07, 6.45) is -4.26. The zero-order valence-corrected chi connectivity index (χ0v) is 8.68. The topological polar surface area (TPSA) is 29.5 Å². The highest BCUT2D eigenvalue weighted by atomic mass is 19.4. The van der Waals surface area contributed by atoms with Gasteiger partial charge in [0, 0.05) is 0 Å². The average molecular weight is 223 g/mol. The molecule has 1 atom stereocenters. The normalized spacial score (nSPS) is 15.4. The summed E-state index contributed by atoms with van der Waals surface area (Å²) >= 11 is 0. The van der Waals surface area contributed by atoms with E-state index in [0.717, 1.165) is 21.2 Å². The molecule has 0 aromatic carbocycles. The van der Waals surface area contributed by atoms with Gasteiger partial charge in [0.1, 0.15) is 0 Å². The van der Waals surface area contributed by atoms with Crippen LogP contribution in [0.3, 0.4) is 0 Å². The zero-order valence-electron chi connectivity index (χ0n) is 8.68. The number of carbonyl (C=O) groups is 1. The number of hydrogen-bond donors (Lipinski definition) is 0. The Balaban J connectivity index is 5.70. The number of methoxy groups -OCH3 is 1. The lowest BCUT2D eigenvalue weighted by Crippen LogP contribution is -2.60. The van der Waals surface area contributed by atoms with Crippen LogP contribution in [-0.2, 0) is 9.53 Å². The second-order valence-corrected chi connectivity index (χ2v) is 3.00. The van der Waals surface area contributed by atoms with Crippen molar-refractivity contribution in [2.75, 3.05) is 21.2 Å². The van der Waals surface area contributed by atoms with E-state index in [2.05, 4.69) is 11.3 Å². The summed E-state index contributed by atoms with van der Waals surface area (Å²) < 4.78 is 42.6. The highest BCUT2D eigenvalue weighted by molar-refractivity contribution is 5.84. The van der Waals surface area contributed by atoms with Crippen molar-refractivity contribution in [1.82, 2.24) is 4.90 Å². The molecule has 0 spiro atoms. The van der Waals surface area contributed by atoms with E-state index < -0.39 is 17.7 Å². The van der Waals surface area contributed by atoms with Gasteiger partial charge in [0.25, 0.3) is 0 Å². The standard InChI is InChI=1S/C9H12F3NO2/c1-5-6-8(13(2)3,7(14)15-4)9(10,11)12/h6H,1H2,2-4H3. The molecule has 0 aliphatic rings. The molecular formula is C9H12F3NO2. The van der Waals surface area contributed by atoms with Crippen LogP contribution in [0.4, 0.5) is 13.2 Å². The summed E-state index contributed by atoms with van der Waals surface area (Å²) in [5.41, 5.74) is -0.856. The Morgan fingerprint density at radius 3 is 2.13 bits per heavy atom. The molecule has 0 radical (unpaired) electrons. The lowest BCUT2D eigenvalue weighted by Gasteiger charge is -2.35. The summed E-state index contributed by atoms with van der Waals surface area (Å²) in [4.78, 5) is 11.9. The molecule has 0 aliphatic carbocycles. The van der Waals surface area contributed by atoms with Crippen molar-refractivity contribution in [1.29, 1.82) is 0 Å². The molecule has 3 nitrogen and oxygen atoms in total. The first-order valence-corrected chi connectivity index (χ1v) is 3.93. The second kappa shape index (κ2) is 4.51. The van der Waals surface area contributed by atoms with E-state index >= 15 is 0 Å². The third-order valence-corrected chi connectivity index (χ3v) is 1.95. The Kier molecular flexibility index (Phi) is 4.13. The average Bonchev–Trinajstić information content (AvgIpc) is 2.10. The fourth-order valence-electron chi connectivity index (χ4n) is 1.13. The summed E-state index contributed by atoms with van der Waals surface area (Å²) in [6.45, 7) is 3.04. The van der Waals surface area contributed by atoms with E-state index in [1.165, 1.54) is 0 Å². The van der Waals surface area contributed by atoms with Crippen LogP contribution in [0.5, 0.6) is 0 Å². The first kappa shape index (κ1) is 13.7. The number of alkyl halides is 3. The number of halogens is 3. The molecule has 6 heteroatoms. The molecule has 0 amide bonds. The molecule has 0 aromatic heterocycles. The number of carbonyl (C=O) groups excluding carboxylic acids is 1. The SMILES string of the molecule is C=C=CC(C(=O)OC)(N(C)C)C(F)(F)F. The van der Waals surface area contributed by atoms with Crippen molar-refractivity contribution in [2.24, 2.45) is 0 Å². The number of rotatable bonds is 3. The smallest absolute Gasteiger partial charge is 0.421 e. The van der Waals surface area contributed by atoms with Crippen molar-refractivity contribution < 1.29 is 22.7 Å². The molecule has 0 aromatic rings. The Bertz CT molecular complexity index is 292. The molecule has 0 bridgehead atoms. The van der Waals surface area contributed by atoms with Crippen LogP contribution in [0.1, 0.15) is 0 Å². The summed E-state index contributed by atoms with van der Waals surface area (Å²) in [5.74, 6) is -1.42. The quantitative estimate of drug-likeness (QED) is 0.534. The molecule has 0 saturated heterocycles. The molecule has 0 aliphatic heterocycles. The van der Waals surface area contributed by atoms with Crippen LogP contribution in [0.2, 0.25) is 0 Å². The minimum atomic E-state index is -4.80. The van der Waals surface area contributed by atoms with Crippen molar-refractivity contribution in [2.45, 2.75) is 11.7 Å². The lowest BCUT2D eigenvalue weighted by molar-refractivity contribution is -0.219. The van der Waals surface area contributed by atoms with E-state index in [9.17, 15) is 18.0 Å². The Labute approximate surface area is 85.8 Å². The zero-order chi connectivity index (χ0) is 12.3. The largest absolute Gasteiger partial charge is 0.467 e. The van der Waals surface area contributed by atoms with Gasteiger partial charge in [-0.3, -0.25) is 4.90 Å². The van der Waals surface area contributed by atoms with Crippen LogP contribution in [0, 0.1) is 0 Å². The highest BCUT2D eigenvalue weighted by Crippen LogP contribution is 2.36. The van der Waals surface area contributed by atoms with Gasteiger partial charge in [0.05, 0.1) is 7.11 Å². The number of hydrogen-bond acceptors (Lipinski definition) is 3. The van der Waals surface area contributed by atoms with Crippen molar-refractivity contribution in [3.8, 4) is 0 Å². The van der Waals surface area contributed by atoms with Gasteiger partial charge in [0.15, 0.2) is 0 Å². The third-order valence-electron chi connectivity index (χ3n) is 1.95. The fourth-order valence-corrected chi connectivity index (χ4v) is 1.13. The maximum absolute atomic E-state index is 12.8. The van der Waals surface area contributed by atoms with Crippen LogP contribution in [-0.4, -0.2) is 43.8 Å². The van der Waals surface area contributed by atoms with Crippen molar-refractivity contribution >= 4 is 5.97 Å². The Morgan fingerprint density at radius 1 is 1.47 bits per heavy atom. The minimum Gasteiger partial charge on any atom is -0.467 e. The molecule has 0 N–H and O–H groups in total. The van der Waals surface area contributed by atoms with Gasteiger partial charge >= 0.3 is 12.1 Å². The molecule has 0 fully saturated rings. The molecule has 1 unspecified atom stereocenters. The van der Waals surface area contributed by atoms with E-state index in [1.54, 1.807) is 0 Å². The van der Waals surface area contributed by atoms with E-state index in [4.69, 9.17) is 0 Å². The molecule has 86 valence electrons. The lowest BCUT2D eigenvalue weighted by atomic mass is 9.97. The second-order valence-electron chi connectivity index (χ2n) is 3.00. The first-order valence-electron chi connectivity index (χ1n) is 3.93. The van der Waals surface area contributed by atoms with Crippen molar-refractivity contribution in [3.05, 3.63) is 18.4 Å². The monoisotopic (exact) mass is 223 g/mol. The van der Waals surface area contributed by atoms with Crippen LogP contribution in [0.25, 0.3) is 0 Å². The summed E-state index contributed by atoms with van der Waals surface area (Å²) in [6, 6.07) is 0. The maximum Gasteiger partial charge on any atom is 0.421 e. The Morgan fingerprint density at radius 2 is 1.93 bits per heavy atom. The predicted octanol–water partition coefficient (Wildman–Crippen LogP) is 1.36. The fraction of sp³-hybridized carbons (Fsp3) is 0.556. The van der Waals surface area contributed by atoms with E-state index in [0.29, 0.717) is 11.0 Å². The van der Waals surface area contributed by atoms with E-state index in [1.807, 2.05) is 5.73 Å². The third kappa shape index (κ3) is 2.22. The molecule has 0 saturated carbocycles. The van der Waals surface area contributed by atoms with Crippen LogP contribution in [0.15, 0.2) is 18.4 Å². The van der Waals surface area contributed by atoms with Gasteiger partial charge in [-0.2, -0.15) is 13.2 Å². The van der Waals surface area contributed by atoms with Gasteiger partial charge in [0.2, 0.25) is 5.54 Å². The van der Waals surface area contributed by atoms with Crippen LogP contribution >= 0.6 is 0 Å². The van der Waals surface area contributed by atoms with Crippen molar-refractivity contribution in [3.63, 3.8) is 0 Å². The minimum absolute atomic E-state index is 0.541. The summed E-state index contributed by atoms with van der Waals surface area (Å²) in [7, 11) is 3.14. The molecule has 15 heavy (non-hydrogen) atoms. The van der Waals surface area contributed by atoms with Gasteiger partial charge in [-0.25, -0.2) is 4.79 Å². The number of nitrogens with zero attached hydrogens (tertiary/aromatic N) is 1. The molecular weight excluding hydrogens is 211 g/mol. The summed E-state index contributed by atoms with van der Waals surface area (Å²) in [5, 5.41) is 0. The van der Waals surface area contributed by atoms with Gasteiger partial charge in [-0.1, -0.05) is 6.58 Å². The molecule has 0 heterocycles. The van der Waals surface area contributed by atoms with Gasteiger partial charge in [-0.05, 0) is 20.2 Å². The first-order chi connectivity index (χ1) is 6.74. The highest BCUT2D eigenvalue weighted by Gasteiger charge is 2.61. The number of esters is 1. The van der Waals surface area contributed by atoms with E-state index in [-0.39, 0.29) is 0 Å². The predicted molar refractivity (Wildman–Crippen MR) is 48.2 cm³/mol.